The zero-order valence-electron chi connectivity index (χ0n) is 12.9. The van der Waals surface area contributed by atoms with Gasteiger partial charge in [0.2, 0.25) is 5.91 Å². The van der Waals surface area contributed by atoms with Crippen LogP contribution < -0.4 is 5.32 Å². The predicted molar refractivity (Wildman–Crippen MR) is 92.5 cm³/mol. The van der Waals surface area contributed by atoms with Gasteiger partial charge in [-0.1, -0.05) is 13.3 Å². The first kappa shape index (κ1) is 17.0. The summed E-state index contributed by atoms with van der Waals surface area (Å²) in [6, 6.07) is 4.83. The number of nitrogens with zero attached hydrogens (tertiary/aromatic N) is 1. The number of amides is 1. The number of piperidine rings is 1. The summed E-state index contributed by atoms with van der Waals surface area (Å²) in [5.74, 6) is 0.397. The minimum Gasteiger partial charge on any atom is -0.356 e. The molecule has 2 unspecified atom stereocenters. The van der Waals surface area contributed by atoms with Crippen molar-refractivity contribution >= 4 is 33.2 Å². The van der Waals surface area contributed by atoms with Crippen molar-refractivity contribution in [2.24, 2.45) is 5.92 Å². The minimum absolute atomic E-state index is 0.154. The van der Waals surface area contributed by atoms with Gasteiger partial charge in [0.15, 0.2) is 0 Å². The summed E-state index contributed by atoms with van der Waals surface area (Å²) in [6.07, 6.45) is 4.32. The summed E-state index contributed by atoms with van der Waals surface area (Å²) in [5.41, 5.74) is 0. The number of likely N-dealkylation sites (tertiary alicyclic amines) is 1. The highest BCUT2D eigenvalue weighted by atomic mass is 79.9. The molecule has 118 valence electrons. The van der Waals surface area contributed by atoms with Crippen molar-refractivity contribution in [1.29, 1.82) is 0 Å². The van der Waals surface area contributed by atoms with E-state index in [1.54, 1.807) is 11.3 Å². The van der Waals surface area contributed by atoms with E-state index in [0.717, 1.165) is 45.3 Å². The maximum Gasteiger partial charge on any atom is 0.224 e. The fraction of sp³-hybridized carbons (Fsp3) is 0.688. The van der Waals surface area contributed by atoms with Crippen LogP contribution in [-0.2, 0) is 11.3 Å². The standard InChI is InChI=1S/C16H25BrN2OS/c1-3-4-9-18-16(20)13-6-5-12(2)19(10-13)11-14-7-8-15(17)21-14/h7-8,12-13H,3-6,9-11H2,1-2H3,(H,18,20). The lowest BCUT2D eigenvalue weighted by Crippen LogP contribution is -2.46. The number of hydrogen-bond acceptors (Lipinski definition) is 3. The molecule has 2 atom stereocenters. The lowest BCUT2D eigenvalue weighted by atomic mass is 9.92. The molecule has 1 aromatic rings. The van der Waals surface area contributed by atoms with Crippen LogP contribution in [0.25, 0.3) is 0 Å². The largest absolute Gasteiger partial charge is 0.356 e. The normalized spacial score (nSPS) is 23.2. The topological polar surface area (TPSA) is 32.3 Å². The highest BCUT2D eigenvalue weighted by Crippen LogP contribution is 2.28. The van der Waals surface area contributed by atoms with Gasteiger partial charge in [-0.05, 0) is 54.2 Å². The first-order valence-electron chi connectivity index (χ1n) is 7.86. The summed E-state index contributed by atoms with van der Waals surface area (Å²) >= 11 is 5.30. The predicted octanol–water partition coefficient (Wildman–Crippen LogP) is 4.03. The van der Waals surface area contributed by atoms with E-state index in [9.17, 15) is 4.79 Å². The fourth-order valence-electron chi connectivity index (χ4n) is 2.78. The molecular weight excluding hydrogens is 348 g/mol. The lowest BCUT2D eigenvalue weighted by Gasteiger charge is -2.37. The van der Waals surface area contributed by atoms with E-state index in [2.05, 4.69) is 52.1 Å². The van der Waals surface area contributed by atoms with E-state index in [-0.39, 0.29) is 11.8 Å². The monoisotopic (exact) mass is 372 g/mol. The van der Waals surface area contributed by atoms with Crippen LogP contribution in [0, 0.1) is 5.92 Å². The van der Waals surface area contributed by atoms with Crippen LogP contribution in [0.3, 0.4) is 0 Å². The summed E-state index contributed by atoms with van der Waals surface area (Å²) in [7, 11) is 0. The molecule has 5 heteroatoms. The number of carbonyl (C=O) groups is 1. The van der Waals surface area contributed by atoms with Gasteiger partial charge in [0.05, 0.1) is 9.70 Å². The summed E-state index contributed by atoms with van der Waals surface area (Å²) < 4.78 is 1.18. The molecule has 2 heterocycles. The number of rotatable bonds is 6. The Morgan fingerprint density at radius 3 is 2.95 bits per heavy atom. The maximum atomic E-state index is 12.2. The van der Waals surface area contributed by atoms with Crippen LogP contribution in [0.5, 0.6) is 0 Å². The molecule has 1 fully saturated rings. The zero-order chi connectivity index (χ0) is 15.2. The molecule has 0 saturated carbocycles. The number of unbranched alkanes of at least 4 members (excludes halogenated alkanes) is 1. The fourth-order valence-corrected chi connectivity index (χ4v) is 4.29. The summed E-state index contributed by atoms with van der Waals surface area (Å²) in [4.78, 5) is 16.1. The van der Waals surface area contributed by atoms with Crippen LogP contribution in [-0.4, -0.2) is 29.9 Å². The molecule has 2 rings (SSSR count). The third-order valence-electron chi connectivity index (χ3n) is 4.20. The van der Waals surface area contributed by atoms with Crippen molar-refractivity contribution in [2.75, 3.05) is 13.1 Å². The molecule has 1 N–H and O–H groups in total. The highest BCUT2D eigenvalue weighted by Gasteiger charge is 2.29. The summed E-state index contributed by atoms with van der Waals surface area (Å²) in [6.45, 7) is 7.08. The van der Waals surface area contributed by atoms with Gasteiger partial charge in [-0.15, -0.1) is 11.3 Å². The average molecular weight is 373 g/mol. The number of hydrogen-bond donors (Lipinski definition) is 1. The SMILES string of the molecule is CCCCNC(=O)C1CCC(C)N(Cc2ccc(Br)s2)C1. The van der Waals surface area contributed by atoms with Crippen LogP contribution in [0.1, 0.15) is 44.4 Å². The van der Waals surface area contributed by atoms with Crippen LogP contribution in [0.2, 0.25) is 0 Å². The first-order valence-corrected chi connectivity index (χ1v) is 9.47. The van der Waals surface area contributed by atoms with Crippen LogP contribution >= 0.6 is 27.3 Å². The average Bonchev–Trinajstić information content (AvgIpc) is 2.87. The molecular formula is C16H25BrN2OS. The van der Waals surface area contributed by atoms with Gasteiger partial charge in [-0.25, -0.2) is 0 Å². The molecule has 0 spiro atoms. The first-order chi connectivity index (χ1) is 10.1. The van der Waals surface area contributed by atoms with Gasteiger partial charge < -0.3 is 5.32 Å². The number of thiophene rings is 1. The Morgan fingerprint density at radius 1 is 1.48 bits per heavy atom. The van der Waals surface area contributed by atoms with Crippen molar-refractivity contribution in [2.45, 2.75) is 52.1 Å². The minimum atomic E-state index is 0.154. The van der Waals surface area contributed by atoms with E-state index in [0.29, 0.717) is 6.04 Å². The van der Waals surface area contributed by atoms with Crippen molar-refractivity contribution in [1.82, 2.24) is 10.2 Å². The van der Waals surface area contributed by atoms with Gasteiger partial charge >= 0.3 is 0 Å². The van der Waals surface area contributed by atoms with Gasteiger partial charge in [0.1, 0.15) is 0 Å². The van der Waals surface area contributed by atoms with Crippen molar-refractivity contribution in [3.8, 4) is 0 Å². The number of carbonyl (C=O) groups excluding carboxylic acids is 1. The Morgan fingerprint density at radius 2 is 2.29 bits per heavy atom. The van der Waals surface area contributed by atoms with Crippen LogP contribution in [0.15, 0.2) is 15.9 Å². The molecule has 0 radical (unpaired) electrons. The third kappa shape index (κ3) is 5.08. The zero-order valence-corrected chi connectivity index (χ0v) is 15.3. The quantitative estimate of drug-likeness (QED) is 0.764. The molecule has 0 aromatic carbocycles. The Balaban J connectivity index is 1.88. The highest BCUT2D eigenvalue weighted by molar-refractivity contribution is 9.11. The third-order valence-corrected chi connectivity index (χ3v) is 5.81. The van der Waals surface area contributed by atoms with Crippen molar-refractivity contribution in [3.63, 3.8) is 0 Å². The second kappa shape index (κ2) is 8.30. The molecule has 3 nitrogen and oxygen atoms in total. The molecule has 0 aliphatic carbocycles. The van der Waals surface area contributed by atoms with E-state index >= 15 is 0 Å². The van der Waals surface area contributed by atoms with E-state index in [1.165, 1.54) is 8.66 Å². The van der Waals surface area contributed by atoms with E-state index in [4.69, 9.17) is 0 Å². The Bertz CT molecular complexity index is 463. The van der Waals surface area contributed by atoms with Gasteiger partial charge in [-0.2, -0.15) is 0 Å². The molecule has 1 aliphatic heterocycles. The maximum absolute atomic E-state index is 12.2. The second-order valence-corrected chi connectivity index (χ2v) is 8.45. The van der Waals surface area contributed by atoms with Crippen LogP contribution in [0.4, 0.5) is 0 Å². The number of halogens is 1. The van der Waals surface area contributed by atoms with Crippen molar-refractivity contribution < 1.29 is 4.79 Å². The lowest BCUT2D eigenvalue weighted by molar-refractivity contribution is -0.127. The van der Waals surface area contributed by atoms with Crippen molar-refractivity contribution in [3.05, 3.63) is 20.8 Å². The Hall–Kier alpha value is -0.390. The van der Waals surface area contributed by atoms with Gasteiger partial charge in [-0.3, -0.25) is 9.69 Å². The van der Waals surface area contributed by atoms with Gasteiger partial charge in [0.25, 0.3) is 0 Å². The van der Waals surface area contributed by atoms with Gasteiger partial charge in [0, 0.05) is 30.6 Å². The smallest absolute Gasteiger partial charge is 0.224 e. The Labute approximate surface area is 140 Å². The summed E-state index contributed by atoms with van der Waals surface area (Å²) in [5, 5.41) is 3.09. The molecule has 1 aromatic heterocycles. The van der Waals surface area contributed by atoms with E-state index < -0.39 is 0 Å². The number of nitrogens with one attached hydrogen (secondary N) is 1. The molecule has 21 heavy (non-hydrogen) atoms. The molecule has 1 amide bonds. The molecule has 0 bridgehead atoms. The molecule has 1 aliphatic rings. The second-order valence-electron chi connectivity index (χ2n) is 5.90. The van der Waals surface area contributed by atoms with E-state index in [1.807, 2.05) is 0 Å². The Kier molecular flexibility index (Phi) is 6.71. The molecule has 1 saturated heterocycles.